The first-order valence-electron chi connectivity index (χ1n) is 17.4. The molecule has 6 rings (SSSR count). The van der Waals surface area contributed by atoms with E-state index in [1.165, 1.54) is 0 Å². The number of hydrogen-bond donors (Lipinski definition) is 0. The zero-order valence-electron chi connectivity index (χ0n) is 30.0. The fourth-order valence-corrected chi connectivity index (χ4v) is 8.17. The minimum atomic E-state index is -1.33. The number of carboxylic acids is 1. The molecule has 1 heterocycles. The Balaban J connectivity index is 0.000000483. The number of para-hydroxylation sites is 1. The summed E-state index contributed by atoms with van der Waals surface area (Å²) in [5.41, 5.74) is 5.00. The summed E-state index contributed by atoms with van der Waals surface area (Å²) in [6.45, 7) is 5.31. The third-order valence-corrected chi connectivity index (χ3v) is 11.3. The summed E-state index contributed by atoms with van der Waals surface area (Å²) in [6.07, 6.45) is 1.65. The standard InChI is InChI=1S/C35H33BrClN3O3.C8H7Br2Cl.Ni/c1-23(28-21-26(36)18-19-29(28)37)32(35(42)43)39-33(25-13-6-3-7-14-25)27-15-8-9-16-30(27)38-34(41)31-17-10-20-40(31)22-24-11-4-2-5-12-24;1-5(9)7-4-6(10)2-3-8(7)11;/h2-9,11-16,18-19,21,23,31-32H,10,17,20,22H2,1H3,(H,38,41)(H,42,43);2-5H,1H3;/q;;+2/p-2/t23?,31-,32-;;/m0../s1. The summed E-state index contributed by atoms with van der Waals surface area (Å²) >= 11 is 22.7. The van der Waals surface area contributed by atoms with Crippen LogP contribution in [0, 0.1) is 0 Å². The molecule has 0 aromatic heterocycles. The average Bonchev–Trinajstić information content (AvgIpc) is 3.63. The van der Waals surface area contributed by atoms with Gasteiger partial charge in [0.2, 0.25) is 0 Å². The Morgan fingerprint density at radius 1 is 0.818 bits per heavy atom. The molecule has 55 heavy (non-hydrogen) atoms. The first kappa shape index (κ1) is 44.9. The molecule has 12 heteroatoms. The molecule has 6 nitrogen and oxygen atoms in total. The van der Waals surface area contributed by atoms with Gasteiger partial charge in [-0.2, -0.15) is 0 Å². The first-order chi connectivity index (χ1) is 25.9. The Morgan fingerprint density at radius 3 is 1.98 bits per heavy atom. The summed E-state index contributed by atoms with van der Waals surface area (Å²) in [5.74, 6) is -2.16. The zero-order chi connectivity index (χ0) is 38.8. The van der Waals surface area contributed by atoms with E-state index in [2.05, 4.69) is 69.8 Å². The van der Waals surface area contributed by atoms with Gasteiger partial charge in [0, 0.05) is 53.4 Å². The van der Waals surface area contributed by atoms with E-state index >= 15 is 0 Å². The molecule has 1 aliphatic rings. The molecular weight excluding hydrogens is 976 g/mol. The smallest absolute Gasteiger partial charge is 0.861 e. The largest absolute Gasteiger partial charge is 2.00 e. The number of carboxylic acid groups (broad SMARTS) is 1. The van der Waals surface area contributed by atoms with Crippen molar-refractivity contribution in [2.24, 2.45) is 9.98 Å². The summed E-state index contributed by atoms with van der Waals surface area (Å²) < 4.78 is 1.84. The Hall–Kier alpha value is -2.82. The number of carbonyl (C=O) groups is 1. The van der Waals surface area contributed by atoms with Gasteiger partial charge >= 0.3 is 16.5 Å². The van der Waals surface area contributed by atoms with E-state index in [1.807, 2.05) is 91.9 Å². The van der Waals surface area contributed by atoms with E-state index in [1.54, 1.807) is 31.2 Å². The molecule has 0 spiro atoms. The van der Waals surface area contributed by atoms with Crippen LogP contribution in [0.15, 0.2) is 140 Å². The van der Waals surface area contributed by atoms with Crippen molar-refractivity contribution >= 4 is 94.3 Å². The van der Waals surface area contributed by atoms with Crippen LogP contribution in [-0.4, -0.2) is 41.1 Å². The zero-order valence-corrected chi connectivity index (χ0v) is 37.2. The molecule has 0 saturated carbocycles. The second-order valence-corrected chi connectivity index (χ2v) is 16.9. The minimum absolute atomic E-state index is 0. The maximum absolute atomic E-state index is 13.6. The van der Waals surface area contributed by atoms with Crippen LogP contribution in [0.1, 0.15) is 65.3 Å². The van der Waals surface area contributed by atoms with Crippen LogP contribution in [0.4, 0.5) is 5.69 Å². The van der Waals surface area contributed by atoms with Crippen molar-refractivity contribution in [3.05, 3.63) is 168 Å². The van der Waals surface area contributed by atoms with E-state index in [0.717, 1.165) is 44.5 Å². The Labute approximate surface area is 368 Å². The van der Waals surface area contributed by atoms with Crippen molar-refractivity contribution in [3.8, 4) is 0 Å². The topological polar surface area (TPSA) is 91.2 Å². The second kappa shape index (κ2) is 21.6. The van der Waals surface area contributed by atoms with Crippen LogP contribution in [0.5, 0.6) is 0 Å². The molecule has 0 radical (unpaired) electrons. The van der Waals surface area contributed by atoms with Crippen molar-refractivity contribution in [2.45, 2.75) is 56.1 Å². The fraction of sp³-hybridized carbons (Fsp3) is 0.233. The molecule has 4 atom stereocenters. The number of aliphatic imine (C=N–C) groups is 2. The quantitative estimate of drug-likeness (QED) is 0.0570. The van der Waals surface area contributed by atoms with E-state index in [-0.39, 0.29) is 28.4 Å². The molecule has 1 aliphatic heterocycles. The van der Waals surface area contributed by atoms with Crippen LogP contribution in [-0.2, 0) is 27.8 Å². The second-order valence-electron chi connectivity index (χ2n) is 12.9. The maximum atomic E-state index is 13.6. The van der Waals surface area contributed by atoms with E-state index in [4.69, 9.17) is 28.2 Å². The van der Waals surface area contributed by atoms with Crippen LogP contribution in [0.25, 0.3) is 0 Å². The Bertz CT molecular complexity index is 2110. The van der Waals surface area contributed by atoms with Crippen molar-refractivity contribution in [1.82, 2.24) is 4.90 Å². The number of aliphatic carboxylic acids is 1. The van der Waals surface area contributed by atoms with Gasteiger partial charge in [-0.3, -0.25) is 14.9 Å². The molecule has 5 aromatic rings. The Morgan fingerprint density at radius 2 is 1.38 bits per heavy atom. The van der Waals surface area contributed by atoms with Gasteiger partial charge in [-0.1, -0.05) is 157 Å². The summed E-state index contributed by atoms with van der Waals surface area (Å²) in [6, 6.07) is 36.2. The van der Waals surface area contributed by atoms with E-state index < -0.39 is 17.9 Å². The summed E-state index contributed by atoms with van der Waals surface area (Å²) in [5, 5.41) is 27.5. The third-order valence-electron chi connectivity index (χ3n) is 9.13. The average molecular weight is 1010 g/mol. The fourth-order valence-electron chi connectivity index (χ4n) is 6.33. The van der Waals surface area contributed by atoms with Gasteiger partial charge in [0.05, 0.1) is 23.4 Å². The predicted molar refractivity (Wildman–Crippen MR) is 228 cm³/mol. The normalized spacial score (nSPS) is 16.3. The number of alkyl halides is 1. The number of benzene rings is 5. The molecule has 0 N–H and O–H groups in total. The number of hydrogen-bond acceptors (Lipinski definition) is 6. The monoisotopic (exact) mass is 1010 g/mol. The SMILES string of the molecule is CC(Br)c1cc(Br)ccc1Cl.CC(c1cc(Br)ccc1Cl)[C@H](N=C(c1ccccc1)c1ccccc1N=C([O-])[C@@H]1CCCN1Cc1ccccc1)C(=O)[O-].[Ni+2]. The predicted octanol–water partition coefficient (Wildman–Crippen LogP) is 10.5. The van der Waals surface area contributed by atoms with Crippen molar-refractivity contribution in [3.63, 3.8) is 0 Å². The molecule has 0 aliphatic carbocycles. The van der Waals surface area contributed by atoms with Crippen molar-refractivity contribution in [1.29, 1.82) is 0 Å². The van der Waals surface area contributed by atoms with Crippen LogP contribution >= 0.6 is 71.0 Å². The van der Waals surface area contributed by atoms with Crippen molar-refractivity contribution in [2.75, 3.05) is 6.54 Å². The molecule has 1 fully saturated rings. The van der Waals surface area contributed by atoms with Crippen molar-refractivity contribution < 1.29 is 31.5 Å². The van der Waals surface area contributed by atoms with Gasteiger partial charge in [-0.25, -0.2) is 0 Å². The first-order valence-corrected chi connectivity index (χ1v) is 20.7. The van der Waals surface area contributed by atoms with Gasteiger partial charge in [-0.05, 0) is 91.4 Å². The summed E-state index contributed by atoms with van der Waals surface area (Å²) in [7, 11) is 0. The number of carbonyl (C=O) groups excluding carboxylic acids is 1. The molecule has 288 valence electrons. The number of nitrogens with zero attached hydrogens (tertiary/aromatic N) is 3. The summed E-state index contributed by atoms with van der Waals surface area (Å²) in [4.78, 5) is 24.5. The molecule has 2 unspecified atom stereocenters. The van der Waals surface area contributed by atoms with Gasteiger partial charge in [0.1, 0.15) is 0 Å². The molecule has 5 aromatic carbocycles. The molecule has 0 bridgehead atoms. The molecule has 0 amide bonds. The van der Waals surface area contributed by atoms with Gasteiger partial charge < -0.3 is 15.0 Å². The van der Waals surface area contributed by atoms with Crippen LogP contribution in [0.3, 0.4) is 0 Å². The van der Waals surface area contributed by atoms with E-state index in [9.17, 15) is 15.0 Å². The third kappa shape index (κ3) is 12.3. The van der Waals surface area contributed by atoms with Gasteiger partial charge in [0.15, 0.2) is 0 Å². The number of rotatable bonds is 11. The number of likely N-dealkylation sites (tertiary alicyclic amines) is 1. The minimum Gasteiger partial charge on any atom is -0.861 e. The Kier molecular flexibility index (Phi) is 17.7. The van der Waals surface area contributed by atoms with Gasteiger partial charge in [0.25, 0.3) is 0 Å². The maximum Gasteiger partial charge on any atom is 2.00 e. The molecule has 1 saturated heterocycles. The van der Waals surface area contributed by atoms with Gasteiger partial charge in [-0.15, -0.1) is 0 Å². The van der Waals surface area contributed by atoms with Crippen LogP contribution < -0.4 is 10.2 Å². The van der Waals surface area contributed by atoms with Crippen LogP contribution in [0.2, 0.25) is 10.0 Å². The van der Waals surface area contributed by atoms with E-state index in [0.29, 0.717) is 44.5 Å². The number of halogens is 5. The molecular formula is C43H38Br3Cl2N3NiO3.